The number of aromatic nitrogens is 5. The SMILES string of the molecule is CC(C)(C)C(=O)C=C(O)C(C)(C)C.CC(C)(C)C(=O)C=C(O)C(C)(C)C.CC(C)(C)C(=O)C=C(O)C(C)(C)C.CC(C)(C)c1c[c-]c(-c2ccc3ccccc3n2)cc1.CC(C)(C)c1c[c-]c(-c2ccc3ccccc3n2)cc1.Cc1cc2ccccc2nc1-c1[c-]cccc1.FC(F)Oc1c[c-]c(-c2nccc3ccccc23)cc1.[Ir].[Ir].[Ir].[Ir].[Ir].[c-]1ccccc1-c1ccc2ccccc2n1. The maximum atomic E-state index is 12.1. The number of hydrogen-bond acceptors (Lipinski definition) is 12. The van der Waals surface area contributed by atoms with Crippen LogP contribution in [0.2, 0.25) is 0 Å². The van der Waals surface area contributed by atoms with Crippen LogP contribution in [0.15, 0.2) is 315 Å². The second-order valence-corrected chi connectivity index (χ2v) is 40.4. The Kier molecular flexibility index (Phi) is 47.5. The van der Waals surface area contributed by atoms with Gasteiger partial charge in [-0.15, -0.1) is 172 Å². The average Bonchev–Trinajstić information content (AvgIpc) is 0.835. The quantitative estimate of drug-likeness (QED) is 0.0669. The summed E-state index contributed by atoms with van der Waals surface area (Å²) in [6.07, 6.45) is 5.72. The minimum absolute atomic E-state index is 0. The number of para-hydroxylation sites is 4. The summed E-state index contributed by atoms with van der Waals surface area (Å²) in [6.45, 7) is 45.9. The van der Waals surface area contributed by atoms with E-state index < -0.39 is 22.9 Å². The first kappa shape index (κ1) is 121. The summed E-state index contributed by atoms with van der Waals surface area (Å²) in [5, 5.41) is 35.4. The molecular formula is C118H128F2Ir5N5O7-5. The van der Waals surface area contributed by atoms with Gasteiger partial charge in [0.15, 0.2) is 17.3 Å². The average molecular weight is 2730 g/mol. The molecule has 5 heterocycles. The monoisotopic (exact) mass is 2730 g/mol. The van der Waals surface area contributed by atoms with E-state index in [0.29, 0.717) is 0 Å². The Hall–Kier alpha value is -10.2. The first-order valence-corrected chi connectivity index (χ1v) is 44.3. The van der Waals surface area contributed by atoms with Gasteiger partial charge in [0.1, 0.15) is 17.3 Å². The Morgan fingerprint density at radius 1 is 0.321 bits per heavy atom. The molecule has 0 unspecified atom stereocenters. The summed E-state index contributed by atoms with van der Waals surface area (Å²) < 4.78 is 28.5. The van der Waals surface area contributed by atoms with Gasteiger partial charge in [-0.05, 0) is 109 Å². The molecule has 0 aliphatic rings. The number of carbonyl (C=O) groups excluding carboxylic acids is 3. The number of fused-ring (bicyclic) bond motifs is 5. The fourth-order valence-electron chi connectivity index (χ4n) is 12.1. The summed E-state index contributed by atoms with van der Waals surface area (Å²) in [4.78, 5) is 57.5. The number of carbonyl (C=O) groups is 3. The molecule has 15 aromatic rings. The van der Waals surface area contributed by atoms with Crippen LogP contribution in [0, 0.1) is 69.7 Å². The number of hydrogen-bond donors (Lipinski definition) is 3. The van der Waals surface area contributed by atoms with Crippen molar-refractivity contribution in [2.45, 2.75) is 191 Å². The van der Waals surface area contributed by atoms with E-state index in [2.05, 4.69) is 191 Å². The van der Waals surface area contributed by atoms with E-state index in [0.717, 1.165) is 89.1 Å². The fourth-order valence-corrected chi connectivity index (χ4v) is 12.1. The molecule has 0 spiro atoms. The number of aliphatic hydroxyl groups excluding tert-OH is 3. The normalized spacial score (nSPS) is 11.7. The molecule has 0 saturated heterocycles. The zero-order valence-electron chi connectivity index (χ0n) is 83.0. The topological polar surface area (TPSA) is 186 Å². The van der Waals surface area contributed by atoms with Crippen molar-refractivity contribution in [3.8, 4) is 62.0 Å². The maximum Gasteiger partial charge on any atom is 0.379 e. The van der Waals surface area contributed by atoms with Crippen LogP contribution >= 0.6 is 0 Å². The number of ether oxygens (including phenoxy) is 1. The molecule has 5 aromatic heterocycles. The van der Waals surface area contributed by atoms with Crippen molar-refractivity contribution in [1.82, 2.24) is 24.9 Å². The number of nitrogens with zero attached hydrogens (tertiary/aromatic N) is 5. The molecule has 15 rings (SSSR count). The van der Waals surface area contributed by atoms with Gasteiger partial charge in [-0.25, -0.2) is 0 Å². The Bertz CT molecular complexity index is 6190. The van der Waals surface area contributed by atoms with Crippen LogP contribution in [0.25, 0.3) is 111 Å². The van der Waals surface area contributed by atoms with Crippen molar-refractivity contribution in [3.63, 3.8) is 0 Å². The maximum absolute atomic E-state index is 12.1. The van der Waals surface area contributed by atoms with Gasteiger partial charge >= 0.3 is 6.61 Å². The number of halogens is 2. The third kappa shape index (κ3) is 38.5. The van der Waals surface area contributed by atoms with Crippen LogP contribution in [-0.4, -0.2) is 64.2 Å². The zero-order chi connectivity index (χ0) is 97.3. The molecule has 0 saturated carbocycles. The van der Waals surface area contributed by atoms with Gasteiger partial charge in [0.05, 0.1) is 22.1 Å². The van der Waals surface area contributed by atoms with Crippen LogP contribution in [0.1, 0.15) is 183 Å². The van der Waals surface area contributed by atoms with Gasteiger partial charge in [-0.1, -0.05) is 311 Å². The minimum atomic E-state index is -2.83. The summed E-state index contributed by atoms with van der Waals surface area (Å²) >= 11 is 0. The molecule has 0 aliphatic heterocycles. The molecule has 731 valence electrons. The summed E-state index contributed by atoms with van der Waals surface area (Å²) in [7, 11) is 0. The zero-order valence-corrected chi connectivity index (χ0v) is 95.0. The second kappa shape index (κ2) is 53.8. The van der Waals surface area contributed by atoms with Crippen molar-refractivity contribution >= 4 is 71.7 Å². The molecular weight excluding hydrogens is 2600 g/mol. The number of ketones is 3. The summed E-state index contributed by atoms with van der Waals surface area (Å²) in [5.41, 5.74) is 15.5. The van der Waals surface area contributed by atoms with E-state index in [4.69, 9.17) is 15.0 Å². The molecule has 0 aliphatic carbocycles. The Morgan fingerprint density at radius 2 is 0.635 bits per heavy atom. The van der Waals surface area contributed by atoms with E-state index in [1.807, 2.05) is 282 Å². The fraction of sp³-hybridized carbons (Fsp3) is 0.288. The van der Waals surface area contributed by atoms with E-state index >= 15 is 0 Å². The number of benzene rings is 10. The van der Waals surface area contributed by atoms with E-state index in [-0.39, 0.29) is 168 Å². The standard InChI is InChI=1S/2C19H18N.C16H10F2NO.C16H12N.C15H10N.3C11H20O2.5Ir/c2*1-19(2,3)16-11-8-15(9-12-16)18-13-10-14-6-4-5-7-17(14)20-18;17-16(18)20-13-7-5-12(6-8-13)15-14-4-2-1-3-11(14)9-10-19-15;1-12-11-14-9-5-6-10-15(14)17-16(12)13-7-3-2-4-8-13;1-2-6-12(7-3-1)15-11-10-13-8-4-5-9-14(13)16-15;3*1-10(2,3)8(12)7-9(13)11(4,5)6;;;;;/h2*4-8,10-13H,1-3H3;1-5,7-10,16H;2-7,9-11H,1H3;1-6,8-11H;3*7,12H,1-6H3;;;;;/q5*-1;;;;;;;;. The molecule has 5 radical (unpaired) electrons. The van der Waals surface area contributed by atoms with Crippen molar-refractivity contribution in [3.05, 3.63) is 362 Å². The molecule has 10 aromatic carbocycles. The van der Waals surface area contributed by atoms with E-state index in [1.54, 1.807) is 12.3 Å². The number of pyridine rings is 5. The molecule has 0 bridgehead atoms. The first-order chi connectivity index (χ1) is 61.7. The molecule has 0 atom stereocenters. The Morgan fingerprint density at radius 3 is 0.956 bits per heavy atom. The molecule has 19 heteroatoms. The third-order valence-electron chi connectivity index (χ3n) is 20.8. The van der Waals surface area contributed by atoms with E-state index in [9.17, 15) is 38.5 Å². The third-order valence-corrected chi connectivity index (χ3v) is 20.8. The molecule has 137 heavy (non-hydrogen) atoms. The van der Waals surface area contributed by atoms with Crippen molar-refractivity contribution < 1.29 is 144 Å². The van der Waals surface area contributed by atoms with Crippen LogP contribution in [0.5, 0.6) is 5.75 Å². The molecule has 0 amide bonds. The molecule has 0 fully saturated rings. The van der Waals surface area contributed by atoms with Gasteiger partial charge in [0.2, 0.25) is 0 Å². The summed E-state index contributed by atoms with van der Waals surface area (Å²) in [6, 6.07) is 106. The smallest absolute Gasteiger partial charge is 0.379 e. The Balaban J connectivity index is 0.000000404. The van der Waals surface area contributed by atoms with Crippen molar-refractivity contribution in [1.29, 1.82) is 0 Å². The van der Waals surface area contributed by atoms with Gasteiger partial charge in [-0.3, -0.25) is 34.3 Å². The number of alkyl halides is 2. The van der Waals surface area contributed by atoms with Gasteiger partial charge in [-0.2, -0.15) is 8.78 Å². The van der Waals surface area contributed by atoms with Gasteiger partial charge < -0.3 is 25.0 Å². The van der Waals surface area contributed by atoms with Crippen LogP contribution in [0.3, 0.4) is 0 Å². The van der Waals surface area contributed by atoms with Crippen LogP contribution < -0.4 is 4.74 Å². The van der Waals surface area contributed by atoms with Crippen molar-refractivity contribution in [2.24, 2.45) is 32.5 Å². The Labute approximate surface area is 879 Å². The predicted octanol–water partition coefficient (Wildman–Crippen LogP) is 31.3. The van der Waals surface area contributed by atoms with Gasteiger partial charge in [0, 0.05) is 163 Å². The van der Waals surface area contributed by atoms with Crippen LogP contribution in [0.4, 0.5) is 8.78 Å². The minimum Gasteiger partial charge on any atom is -0.512 e. The molecule has 12 nitrogen and oxygen atoms in total. The number of aliphatic hydroxyl groups is 3. The second-order valence-electron chi connectivity index (χ2n) is 40.4. The van der Waals surface area contributed by atoms with Crippen LogP contribution in [-0.2, 0) is 126 Å². The largest absolute Gasteiger partial charge is 0.512 e. The predicted molar refractivity (Wildman–Crippen MR) is 543 cm³/mol. The van der Waals surface area contributed by atoms with Gasteiger partial charge in [0.25, 0.3) is 0 Å². The van der Waals surface area contributed by atoms with Crippen molar-refractivity contribution in [2.75, 3.05) is 0 Å². The number of rotatable bonds is 10. The molecule has 3 N–H and O–H groups in total. The number of aryl methyl sites for hydroxylation is 1. The number of allylic oxidation sites excluding steroid dienone is 6. The first-order valence-electron chi connectivity index (χ1n) is 44.3. The summed E-state index contributed by atoms with van der Waals surface area (Å²) in [5.74, 6) is 0.399. The van der Waals surface area contributed by atoms with E-state index in [1.165, 1.54) is 68.6 Å².